The van der Waals surface area contributed by atoms with E-state index in [1.54, 1.807) is 31.2 Å². The molecule has 0 unspecified atom stereocenters. The van der Waals surface area contributed by atoms with Gasteiger partial charge in [0, 0.05) is 13.1 Å². The first-order valence-electron chi connectivity index (χ1n) is 11.9. The lowest BCUT2D eigenvalue weighted by molar-refractivity contribution is -0.160. The van der Waals surface area contributed by atoms with Crippen molar-refractivity contribution in [1.29, 1.82) is 0 Å². The maximum atomic E-state index is 12.3. The van der Waals surface area contributed by atoms with Gasteiger partial charge >= 0.3 is 11.9 Å². The zero-order valence-electron chi connectivity index (χ0n) is 20.4. The van der Waals surface area contributed by atoms with Crippen molar-refractivity contribution in [3.8, 4) is 11.1 Å². The van der Waals surface area contributed by atoms with Gasteiger partial charge in [0.05, 0.1) is 18.1 Å². The van der Waals surface area contributed by atoms with Crippen LogP contribution in [-0.4, -0.2) is 45.0 Å². The number of rotatable bonds is 7. The van der Waals surface area contributed by atoms with Crippen LogP contribution in [0.25, 0.3) is 11.1 Å². The van der Waals surface area contributed by atoms with Gasteiger partial charge in [-0.3, -0.25) is 8.98 Å². The first-order valence-corrected chi connectivity index (χ1v) is 13.3. The maximum absolute atomic E-state index is 12.3. The molecule has 1 aliphatic heterocycles. The fourth-order valence-electron chi connectivity index (χ4n) is 4.13. The van der Waals surface area contributed by atoms with Crippen LogP contribution in [-0.2, 0) is 48.0 Å². The summed E-state index contributed by atoms with van der Waals surface area (Å²) in [5, 5.41) is 0. The van der Waals surface area contributed by atoms with E-state index in [4.69, 9.17) is 8.92 Å². The molecule has 1 amide bonds. The molecular formula is C28H29NO6S. The minimum Gasteiger partial charge on any atom is -0.459 e. The number of aryl methyl sites for hydroxylation is 1. The van der Waals surface area contributed by atoms with Gasteiger partial charge < -0.3 is 9.64 Å². The largest absolute Gasteiger partial charge is 0.459 e. The maximum Gasteiger partial charge on any atom is 0.397 e. The quantitative estimate of drug-likeness (QED) is 0.272. The molecule has 0 atom stereocenters. The molecule has 188 valence electrons. The van der Waals surface area contributed by atoms with Crippen LogP contribution in [0.5, 0.6) is 0 Å². The summed E-state index contributed by atoms with van der Waals surface area (Å²) in [5.41, 5.74) is 6.23. The Hall–Kier alpha value is -3.49. The molecule has 1 aliphatic rings. The molecule has 0 saturated heterocycles. The molecule has 0 fully saturated rings. The predicted molar refractivity (Wildman–Crippen MR) is 136 cm³/mol. The van der Waals surface area contributed by atoms with Crippen molar-refractivity contribution in [3.05, 3.63) is 89.0 Å². The lowest BCUT2D eigenvalue weighted by atomic mass is 9.94. The number of nitrogens with zero attached hydrogens (tertiary/aromatic N) is 1. The lowest BCUT2D eigenvalue weighted by Crippen LogP contribution is -2.40. The summed E-state index contributed by atoms with van der Waals surface area (Å²) >= 11 is 0. The summed E-state index contributed by atoms with van der Waals surface area (Å²) < 4.78 is 34.7. The second-order valence-electron chi connectivity index (χ2n) is 8.72. The van der Waals surface area contributed by atoms with E-state index in [2.05, 4.69) is 6.07 Å². The number of carbonyl (C=O) groups is 2. The van der Waals surface area contributed by atoms with Crippen molar-refractivity contribution < 1.29 is 26.9 Å². The third-order valence-corrected chi connectivity index (χ3v) is 7.51. The fraction of sp³-hybridized carbons (Fsp3) is 0.286. The van der Waals surface area contributed by atoms with Crippen molar-refractivity contribution in [2.75, 3.05) is 19.8 Å². The van der Waals surface area contributed by atoms with Crippen LogP contribution in [0.1, 0.15) is 29.2 Å². The molecule has 0 aliphatic carbocycles. The van der Waals surface area contributed by atoms with Gasteiger partial charge in [0.1, 0.15) is 0 Å². The zero-order chi connectivity index (χ0) is 25.7. The molecule has 3 aromatic carbocycles. The molecule has 8 heteroatoms. The molecule has 0 bridgehead atoms. The molecule has 3 aromatic rings. The molecule has 0 aromatic heterocycles. The number of hydrogen-bond donors (Lipinski definition) is 0. The summed E-state index contributed by atoms with van der Waals surface area (Å²) in [4.78, 5) is 25.7. The van der Waals surface area contributed by atoms with Gasteiger partial charge in [-0.05, 0) is 66.6 Å². The minimum absolute atomic E-state index is 0.0649. The molecule has 0 saturated carbocycles. The Morgan fingerprint density at radius 2 is 1.61 bits per heavy atom. The van der Waals surface area contributed by atoms with E-state index >= 15 is 0 Å². The molecule has 0 radical (unpaired) electrons. The molecule has 36 heavy (non-hydrogen) atoms. The lowest BCUT2D eigenvalue weighted by Gasteiger charge is -2.28. The van der Waals surface area contributed by atoms with Gasteiger partial charge in [0.15, 0.2) is 0 Å². The number of carbonyl (C=O) groups excluding carboxylic acids is 2. The normalized spacial score (nSPS) is 13.2. The Labute approximate surface area is 211 Å². The first kappa shape index (κ1) is 25.6. The van der Waals surface area contributed by atoms with Crippen molar-refractivity contribution in [3.63, 3.8) is 0 Å². The highest BCUT2D eigenvalue weighted by Crippen LogP contribution is 2.27. The van der Waals surface area contributed by atoms with Gasteiger partial charge in [-0.25, -0.2) is 4.79 Å². The van der Waals surface area contributed by atoms with E-state index < -0.39 is 22.0 Å². The van der Waals surface area contributed by atoms with Crippen LogP contribution in [0, 0.1) is 6.92 Å². The van der Waals surface area contributed by atoms with Crippen LogP contribution >= 0.6 is 0 Å². The summed E-state index contributed by atoms with van der Waals surface area (Å²) in [6.45, 7) is 4.67. The second-order valence-corrected chi connectivity index (χ2v) is 10.3. The minimum atomic E-state index is -3.77. The smallest absolute Gasteiger partial charge is 0.397 e. The average Bonchev–Trinajstić information content (AvgIpc) is 2.88. The Morgan fingerprint density at radius 3 is 2.31 bits per heavy atom. The van der Waals surface area contributed by atoms with E-state index in [0.29, 0.717) is 25.9 Å². The van der Waals surface area contributed by atoms with Crippen LogP contribution in [0.3, 0.4) is 0 Å². The van der Waals surface area contributed by atoms with Gasteiger partial charge in [0.25, 0.3) is 10.1 Å². The monoisotopic (exact) mass is 507 g/mol. The van der Waals surface area contributed by atoms with Gasteiger partial charge in [0.2, 0.25) is 0 Å². The molecular weight excluding hydrogens is 478 g/mol. The SMILES string of the molecule is CCOC(=O)C(=O)N1CCc2cc(-c3ccc(CCOS(=O)(=O)c4ccc(C)cc4)cc3)ccc2C1. The molecule has 0 N–H and O–H groups in total. The Morgan fingerprint density at radius 1 is 0.917 bits per heavy atom. The van der Waals surface area contributed by atoms with Crippen LogP contribution in [0.2, 0.25) is 0 Å². The average molecular weight is 508 g/mol. The Kier molecular flexibility index (Phi) is 7.86. The predicted octanol–water partition coefficient (Wildman–Crippen LogP) is 4.06. The van der Waals surface area contributed by atoms with Crippen LogP contribution < -0.4 is 0 Å². The number of hydrogen-bond acceptors (Lipinski definition) is 6. The highest BCUT2D eigenvalue weighted by atomic mass is 32.2. The third kappa shape index (κ3) is 6.01. The van der Waals surface area contributed by atoms with E-state index in [9.17, 15) is 18.0 Å². The second kappa shape index (κ2) is 11.1. The van der Waals surface area contributed by atoms with Crippen LogP contribution in [0.4, 0.5) is 0 Å². The highest BCUT2D eigenvalue weighted by Gasteiger charge is 2.27. The Balaban J connectivity index is 1.35. The van der Waals surface area contributed by atoms with E-state index in [-0.39, 0.29) is 18.1 Å². The molecule has 7 nitrogen and oxygen atoms in total. The summed E-state index contributed by atoms with van der Waals surface area (Å²) in [6.07, 6.45) is 1.14. The number of benzene rings is 3. The van der Waals surface area contributed by atoms with Crippen molar-refractivity contribution in [1.82, 2.24) is 4.90 Å². The highest BCUT2D eigenvalue weighted by molar-refractivity contribution is 7.86. The summed E-state index contributed by atoms with van der Waals surface area (Å²) in [7, 11) is -3.77. The number of fused-ring (bicyclic) bond motifs is 1. The van der Waals surface area contributed by atoms with Crippen LogP contribution in [0.15, 0.2) is 71.6 Å². The van der Waals surface area contributed by atoms with Gasteiger partial charge in [-0.1, -0.05) is 60.2 Å². The summed E-state index contributed by atoms with van der Waals surface area (Å²) in [5.74, 6) is -1.41. The third-order valence-electron chi connectivity index (χ3n) is 6.18. The fourth-order valence-corrected chi connectivity index (χ4v) is 5.04. The van der Waals surface area contributed by atoms with E-state index in [0.717, 1.165) is 33.4 Å². The van der Waals surface area contributed by atoms with Gasteiger partial charge in [-0.15, -0.1) is 0 Å². The number of esters is 1. The van der Waals surface area contributed by atoms with Crippen molar-refractivity contribution >= 4 is 22.0 Å². The standard InChI is InChI=1S/C28H29NO6S/c1-3-34-28(31)27(30)29-16-14-24-18-23(10-11-25(24)19-29)22-8-6-21(7-9-22)15-17-35-36(32,33)26-12-4-20(2)5-13-26/h4-13,18H,3,14-17,19H2,1-2H3. The van der Waals surface area contributed by atoms with Crippen molar-refractivity contribution in [2.45, 2.75) is 38.1 Å². The van der Waals surface area contributed by atoms with E-state index in [1.165, 1.54) is 4.90 Å². The summed E-state index contributed by atoms with van der Waals surface area (Å²) in [6, 6.07) is 20.7. The number of ether oxygens (including phenoxy) is 1. The Bertz CT molecular complexity index is 1350. The zero-order valence-corrected chi connectivity index (χ0v) is 21.2. The molecule has 0 spiro atoms. The first-order chi connectivity index (χ1) is 17.3. The molecule has 1 heterocycles. The topological polar surface area (TPSA) is 90.0 Å². The van der Waals surface area contributed by atoms with Gasteiger partial charge in [-0.2, -0.15) is 8.42 Å². The van der Waals surface area contributed by atoms with E-state index in [1.807, 2.05) is 43.3 Å². The van der Waals surface area contributed by atoms with Crippen molar-refractivity contribution in [2.24, 2.45) is 0 Å². The number of amides is 1. The molecule has 4 rings (SSSR count).